The highest BCUT2D eigenvalue weighted by Crippen LogP contribution is 2.29. The Morgan fingerprint density at radius 2 is 1.87 bits per heavy atom. The molecule has 30 heavy (non-hydrogen) atoms. The van der Waals surface area contributed by atoms with Gasteiger partial charge >= 0.3 is 0 Å². The van der Waals surface area contributed by atoms with Crippen molar-refractivity contribution < 1.29 is 10.0 Å². The summed E-state index contributed by atoms with van der Waals surface area (Å²) in [5.74, 6) is -0.436. The van der Waals surface area contributed by atoms with Gasteiger partial charge in [-0.1, -0.05) is 30.3 Å². The molecule has 0 radical (unpaired) electrons. The number of nitro benzene ring substituents is 1. The van der Waals surface area contributed by atoms with Crippen molar-refractivity contribution in [2.45, 2.75) is 20.4 Å². The van der Waals surface area contributed by atoms with Gasteiger partial charge in [0.1, 0.15) is 11.6 Å². The minimum atomic E-state index is -0.601. The highest BCUT2D eigenvalue weighted by Gasteiger charge is 2.19. The fourth-order valence-corrected chi connectivity index (χ4v) is 2.94. The summed E-state index contributed by atoms with van der Waals surface area (Å²) < 4.78 is 1.07. The average Bonchev–Trinajstić information content (AvgIpc) is 2.73. The molecule has 1 aromatic heterocycles. The summed E-state index contributed by atoms with van der Waals surface area (Å²) in [6.07, 6.45) is 0. The molecule has 0 spiro atoms. The maximum atomic E-state index is 13.0. The highest BCUT2D eigenvalue weighted by atomic mass is 16.6. The van der Waals surface area contributed by atoms with Gasteiger partial charge in [-0.15, -0.1) is 5.11 Å². The Hall–Kier alpha value is -4.32. The van der Waals surface area contributed by atoms with E-state index in [2.05, 4.69) is 10.2 Å². The number of hydrogen-bond acceptors (Lipinski definition) is 7. The number of nitrogens with zero attached hydrogens (tertiary/aromatic N) is 5. The quantitative estimate of drug-likeness (QED) is 0.382. The van der Waals surface area contributed by atoms with Crippen molar-refractivity contribution in [2.24, 2.45) is 10.2 Å². The minimum Gasteiger partial charge on any atom is -0.493 e. The number of nitriles is 1. The molecular formula is C21H17N5O4. The van der Waals surface area contributed by atoms with Gasteiger partial charge in [-0.25, -0.2) is 0 Å². The van der Waals surface area contributed by atoms with Crippen LogP contribution >= 0.6 is 0 Å². The van der Waals surface area contributed by atoms with Crippen LogP contribution in [0.2, 0.25) is 0 Å². The molecule has 9 nitrogen and oxygen atoms in total. The molecule has 0 bridgehead atoms. The van der Waals surface area contributed by atoms with Gasteiger partial charge in [0.05, 0.1) is 17.2 Å². The fourth-order valence-electron chi connectivity index (χ4n) is 2.94. The Balaban J connectivity index is 2.10. The lowest BCUT2D eigenvalue weighted by Gasteiger charge is -2.13. The number of benzene rings is 2. The van der Waals surface area contributed by atoms with Gasteiger partial charge < -0.3 is 5.11 Å². The number of aryl methyl sites for hydroxylation is 1. The molecule has 0 aliphatic carbocycles. The van der Waals surface area contributed by atoms with Gasteiger partial charge in [0.15, 0.2) is 5.69 Å². The van der Waals surface area contributed by atoms with Crippen molar-refractivity contribution in [1.82, 2.24) is 4.57 Å². The van der Waals surface area contributed by atoms with Gasteiger partial charge in [-0.05, 0) is 31.0 Å². The molecule has 0 unspecified atom stereocenters. The van der Waals surface area contributed by atoms with Crippen molar-refractivity contribution in [1.29, 1.82) is 5.26 Å². The number of aromatic hydroxyl groups is 1. The number of aromatic nitrogens is 1. The lowest BCUT2D eigenvalue weighted by molar-refractivity contribution is -0.384. The first-order valence-corrected chi connectivity index (χ1v) is 8.90. The molecular weight excluding hydrogens is 386 g/mol. The van der Waals surface area contributed by atoms with Crippen LogP contribution < -0.4 is 5.56 Å². The van der Waals surface area contributed by atoms with Crippen molar-refractivity contribution >= 4 is 17.1 Å². The monoisotopic (exact) mass is 403 g/mol. The molecule has 150 valence electrons. The first-order chi connectivity index (χ1) is 14.3. The summed E-state index contributed by atoms with van der Waals surface area (Å²) in [6, 6.07) is 15.0. The van der Waals surface area contributed by atoms with Crippen molar-refractivity contribution in [2.75, 3.05) is 0 Å². The second kappa shape index (κ2) is 8.36. The van der Waals surface area contributed by atoms with Crippen molar-refractivity contribution in [3.05, 3.63) is 91.3 Å². The van der Waals surface area contributed by atoms with E-state index >= 15 is 0 Å². The normalized spacial score (nSPS) is 10.8. The van der Waals surface area contributed by atoms with Gasteiger partial charge in [-0.2, -0.15) is 10.4 Å². The van der Waals surface area contributed by atoms with E-state index in [1.54, 1.807) is 31.2 Å². The van der Waals surface area contributed by atoms with Gasteiger partial charge in [-0.3, -0.25) is 19.5 Å². The van der Waals surface area contributed by atoms with E-state index in [0.29, 0.717) is 11.3 Å². The van der Waals surface area contributed by atoms with E-state index in [1.807, 2.05) is 12.1 Å². The fraction of sp³-hybridized carbons (Fsp3) is 0.143. The molecule has 1 heterocycles. The summed E-state index contributed by atoms with van der Waals surface area (Å²) in [6.45, 7) is 3.20. The van der Waals surface area contributed by atoms with Crippen LogP contribution in [-0.2, 0) is 6.54 Å². The van der Waals surface area contributed by atoms with Crippen LogP contribution in [0.1, 0.15) is 22.3 Å². The highest BCUT2D eigenvalue weighted by molar-refractivity contribution is 5.57. The van der Waals surface area contributed by atoms with Crippen LogP contribution in [0.15, 0.2) is 63.6 Å². The predicted molar refractivity (Wildman–Crippen MR) is 109 cm³/mol. The molecule has 0 amide bonds. The zero-order chi connectivity index (χ0) is 21.8. The zero-order valence-corrected chi connectivity index (χ0v) is 16.2. The van der Waals surface area contributed by atoms with Crippen LogP contribution in [0.4, 0.5) is 17.1 Å². The number of nitro groups is 1. The Kier molecular flexibility index (Phi) is 5.69. The topological polar surface area (TPSA) is 134 Å². The van der Waals surface area contributed by atoms with E-state index in [-0.39, 0.29) is 29.0 Å². The van der Waals surface area contributed by atoms with Gasteiger partial charge in [0.25, 0.3) is 11.2 Å². The van der Waals surface area contributed by atoms with Crippen LogP contribution in [0.5, 0.6) is 5.88 Å². The van der Waals surface area contributed by atoms with E-state index in [0.717, 1.165) is 10.1 Å². The molecule has 1 N–H and O–H groups in total. The molecule has 0 aliphatic rings. The molecule has 0 atom stereocenters. The van der Waals surface area contributed by atoms with Crippen LogP contribution in [-0.4, -0.2) is 14.6 Å². The van der Waals surface area contributed by atoms with Gasteiger partial charge in [0, 0.05) is 17.7 Å². The molecule has 9 heteroatoms. The Morgan fingerprint density at radius 3 is 2.47 bits per heavy atom. The second-order valence-electron chi connectivity index (χ2n) is 6.59. The lowest BCUT2D eigenvalue weighted by Crippen LogP contribution is -2.22. The number of azo groups is 1. The Bertz CT molecular complexity index is 1260. The number of rotatable bonds is 5. The Morgan fingerprint density at radius 1 is 1.17 bits per heavy atom. The van der Waals surface area contributed by atoms with Gasteiger partial charge in [0.2, 0.25) is 5.88 Å². The summed E-state index contributed by atoms with van der Waals surface area (Å²) in [5.41, 5.74) is 0.984. The van der Waals surface area contributed by atoms with E-state index in [9.17, 15) is 25.3 Å². The van der Waals surface area contributed by atoms with E-state index in [1.165, 1.54) is 25.1 Å². The summed E-state index contributed by atoms with van der Waals surface area (Å²) in [7, 11) is 0. The summed E-state index contributed by atoms with van der Waals surface area (Å²) in [5, 5.41) is 38.9. The standard InChI is InChI=1S/C21H17N5O4/c1-13-10-16(26(29)30)8-9-18(13)23-24-19-14(2)17(11-22)20(27)25(21(19)28)12-15-6-4-3-5-7-15/h3-10,27H,12H2,1-2H3. The number of pyridine rings is 1. The molecule has 0 fully saturated rings. The SMILES string of the molecule is Cc1cc([N+](=O)[O-])ccc1N=Nc1c(C)c(C#N)c(O)n(Cc2ccccc2)c1=O. The predicted octanol–water partition coefficient (Wildman–Crippen LogP) is 4.41. The molecule has 0 saturated heterocycles. The number of non-ortho nitro benzene ring substituents is 1. The molecule has 3 rings (SSSR count). The maximum absolute atomic E-state index is 13.0. The van der Waals surface area contributed by atoms with Crippen LogP contribution in [0.3, 0.4) is 0 Å². The summed E-state index contributed by atoms with van der Waals surface area (Å²) in [4.78, 5) is 23.3. The van der Waals surface area contributed by atoms with Crippen LogP contribution in [0, 0.1) is 35.3 Å². The van der Waals surface area contributed by atoms with Crippen molar-refractivity contribution in [3.8, 4) is 11.9 Å². The maximum Gasteiger partial charge on any atom is 0.281 e. The first kappa shape index (κ1) is 20.4. The smallest absolute Gasteiger partial charge is 0.281 e. The molecule has 0 saturated carbocycles. The lowest BCUT2D eigenvalue weighted by atomic mass is 10.1. The second-order valence-corrected chi connectivity index (χ2v) is 6.59. The zero-order valence-electron chi connectivity index (χ0n) is 16.2. The third kappa shape index (κ3) is 3.93. The van der Waals surface area contributed by atoms with E-state index < -0.39 is 16.4 Å². The molecule has 2 aromatic carbocycles. The first-order valence-electron chi connectivity index (χ1n) is 8.90. The minimum absolute atomic E-state index is 0.0551. The van der Waals surface area contributed by atoms with E-state index in [4.69, 9.17) is 0 Å². The third-order valence-electron chi connectivity index (χ3n) is 4.60. The largest absolute Gasteiger partial charge is 0.493 e. The van der Waals surface area contributed by atoms with Crippen LogP contribution in [0.25, 0.3) is 0 Å². The molecule has 0 aliphatic heterocycles. The molecule has 3 aromatic rings. The number of hydrogen-bond donors (Lipinski definition) is 1. The average molecular weight is 403 g/mol. The Labute approximate surface area is 171 Å². The third-order valence-corrected chi connectivity index (χ3v) is 4.60. The van der Waals surface area contributed by atoms with Crippen molar-refractivity contribution in [3.63, 3.8) is 0 Å². The summed E-state index contributed by atoms with van der Waals surface area (Å²) >= 11 is 0.